The van der Waals surface area contributed by atoms with Crippen LogP contribution in [0.2, 0.25) is 0 Å². The highest BCUT2D eigenvalue weighted by Crippen LogP contribution is 2.20. The molecule has 2 aromatic rings. The van der Waals surface area contributed by atoms with Crippen molar-refractivity contribution in [1.82, 2.24) is 19.7 Å². The number of nitrogen functional groups attached to an aromatic ring is 1. The molecule has 0 aromatic carbocycles. The zero-order valence-corrected chi connectivity index (χ0v) is 10.2. The summed E-state index contributed by atoms with van der Waals surface area (Å²) in [5.74, 6) is 0.140. The van der Waals surface area contributed by atoms with E-state index in [-0.39, 0.29) is 6.42 Å². The molecule has 2 rings (SSSR count). The topological polar surface area (TPSA) is 119 Å². The molecule has 0 spiro atoms. The number of anilines is 2. The Hall–Kier alpha value is -2.64. The van der Waals surface area contributed by atoms with Gasteiger partial charge in [-0.2, -0.15) is 5.10 Å². The number of aliphatic carboxylic acids is 1. The summed E-state index contributed by atoms with van der Waals surface area (Å²) in [5.41, 5.74) is 6.33. The standard InChI is InChI=1S/C11H14N6O2/c12-9-10(13-4-1-3-8(18)19)14-7-15-11(9)17-6-2-5-16-17/h2,5-7H,1,3-4,12H2,(H,18,19)(H,13,14,15). The van der Waals surface area contributed by atoms with E-state index in [9.17, 15) is 4.79 Å². The molecule has 2 heterocycles. The Morgan fingerprint density at radius 1 is 1.47 bits per heavy atom. The molecule has 0 aliphatic carbocycles. The first kappa shape index (κ1) is 12.8. The summed E-state index contributed by atoms with van der Waals surface area (Å²) in [5, 5.41) is 15.6. The fraction of sp³-hybridized carbons (Fsp3) is 0.273. The van der Waals surface area contributed by atoms with Crippen LogP contribution in [0.25, 0.3) is 5.82 Å². The molecule has 8 heteroatoms. The Balaban J connectivity index is 2.06. The molecule has 8 nitrogen and oxygen atoms in total. The monoisotopic (exact) mass is 262 g/mol. The highest BCUT2D eigenvalue weighted by atomic mass is 16.4. The summed E-state index contributed by atoms with van der Waals surface area (Å²) in [7, 11) is 0. The van der Waals surface area contributed by atoms with E-state index in [0.717, 1.165) is 0 Å². The van der Waals surface area contributed by atoms with Crippen LogP contribution in [0.3, 0.4) is 0 Å². The van der Waals surface area contributed by atoms with Crippen LogP contribution in [0.5, 0.6) is 0 Å². The number of carboxylic acid groups (broad SMARTS) is 1. The van der Waals surface area contributed by atoms with E-state index >= 15 is 0 Å². The molecule has 0 amide bonds. The second-order valence-electron chi connectivity index (χ2n) is 3.83. The van der Waals surface area contributed by atoms with Gasteiger partial charge in [-0.1, -0.05) is 0 Å². The molecular formula is C11H14N6O2. The number of aromatic nitrogens is 4. The number of hydrogen-bond acceptors (Lipinski definition) is 6. The van der Waals surface area contributed by atoms with Gasteiger partial charge in [0.15, 0.2) is 11.6 Å². The maximum absolute atomic E-state index is 10.4. The number of nitrogens with zero attached hydrogens (tertiary/aromatic N) is 4. The number of hydrogen-bond donors (Lipinski definition) is 3. The maximum Gasteiger partial charge on any atom is 0.303 e. The first-order chi connectivity index (χ1) is 9.18. The molecule has 0 aliphatic rings. The highest BCUT2D eigenvalue weighted by molar-refractivity contribution is 5.69. The Labute approximate surface area is 109 Å². The van der Waals surface area contributed by atoms with Gasteiger partial charge in [0.2, 0.25) is 0 Å². The van der Waals surface area contributed by atoms with Crippen LogP contribution in [0.1, 0.15) is 12.8 Å². The Kier molecular flexibility index (Phi) is 3.91. The van der Waals surface area contributed by atoms with Crippen molar-refractivity contribution in [3.8, 4) is 5.82 Å². The lowest BCUT2D eigenvalue weighted by molar-refractivity contribution is -0.137. The molecule has 0 atom stereocenters. The smallest absolute Gasteiger partial charge is 0.303 e. The van der Waals surface area contributed by atoms with Crippen LogP contribution in [-0.2, 0) is 4.79 Å². The number of rotatable bonds is 6. The predicted molar refractivity (Wildman–Crippen MR) is 68.9 cm³/mol. The molecule has 19 heavy (non-hydrogen) atoms. The summed E-state index contributed by atoms with van der Waals surface area (Å²) in [6.45, 7) is 0.478. The van der Waals surface area contributed by atoms with Crippen LogP contribution in [0.15, 0.2) is 24.8 Å². The van der Waals surface area contributed by atoms with Crippen molar-refractivity contribution < 1.29 is 9.90 Å². The van der Waals surface area contributed by atoms with Crippen molar-refractivity contribution >= 4 is 17.5 Å². The maximum atomic E-state index is 10.4. The third-order valence-corrected chi connectivity index (χ3v) is 2.44. The van der Waals surface area contributed by atoms with E-state index < -0.39 is 5.97 Å². The van der Waals surface area contributed by atoms with Crippen molar-refractivity contribution in [2.24, 2.45) is 0 Å². The van der Waals surface area contributed by atoms with Crippen LogP contribution >= 0.6 is 0 Å². The van der Waals surface area contributed by atoms with Crippen LogP contribution in [0, 0.1) is 0 Å². The van der Waals surface area contributed by atoms with Crippen LogP contribution < -0.4 is 11.1 Å². The van der Waals surface area contributed by atoms with Gasteiger partial charge in [-0.05, 0) is 12.5 Å². The molecule has 0 saturated carbocycles. The van der Waals surface area contributed by atoms with Crippen molar-refractivity contribution in [3.05, 3.63) is 24.8 Å². The quantitative estimate of drug-likeness (QED) is 0.649. The van der Waals surface area contributed by atoms with E-state index in [4.69, 9.17) is 10.8 Å². The summed E-state index contributed by atoms with van der Waals surface area (Å²) in [4.78, 5) is 18.5. The van der Waals surface area contributed by atoms with Gasteiger partial charge in [0.05, 0.1) is 0 Å². The second-order valence-corrected chi connectivity index (χ2v) is 3.83. The van der Waals surface area contributed by atoms with Gasteiger partial charge < -0.3 is 16.2 Å². The third-order valence-electron chi connectivity index (χ3n) is 2.44. The number of carboxylic acids is 1. The molecule has 0 aliphatic heterocycles. The molecule has 0 unspecified atom stereocenters. The summed E-state index contributed by atoms with van der Waals surface area (Å²) < 4.78 is 1.54. The first-order valence-electron chi connectivity index (χ1n) is 5.74. The molecular weight excluding hydrogens is 248 g/mol. The molecule has 2 aromatic heterocycles. The third kappa shape index (κ3) is 3.18. The lowest BCUT2D eigenvalue weighted by Crippen LogP contribution is -2.11. The average Bonchev–Trinajstić information content (AvgIpc) is 2.90. The minimum Gasteiger partial charge on any atom is -0.481 e. The number of carbonyl (C=O) groups is 1. The lowest BCUT2D eigenvalue weighted by Gasteiger charge is -2.10. The van der Waals surface area contributed by atoms with Crippen molar-refractivity contribution in [1.29, 1.82) is 0 Å². The van der Waals surface area contributed by atoms with Crippen molar-refractivity contribution in [3.63, 3.8) is 0 Å². The van der Waals surface area contributed by atoms with Gasteiger partial charge >= 0.3 is 5.97 Å². The average molecular weight is 262 g/mol. The number of nitrogens with two attached hydrogens (primary N) is 1. The van der Waals surface area contributed by atoms with Gasteiger partial charge in [0.25, 0.3) is 0 Å². The molecule has 100 valence electrons. The van der Waals surface area contributed by atoms with Gasteiger partial charge in [-0.25, -0.2) is 14.6 Å². The van der Waals surface area contributed by atoms with E-state index in [1.807, 2.05) is 0 Å². The minimum absolute atomic E-state index is 0.101. The Bertz CT molecular complexity index is 554. The lowest BCUT2D eigenvalue weighted by atomic mass is 10.3. The SMILES string of the molecule is Nc1c(NCCCC(=O)O)ncnc1-n1cccn1. The van der Waals surface area contributed by atoms with E-state index in [1.165, 1.54) is 6.33 Å². The summed E-state index contributed by atoms with van der Waals surface area (Å²) in [6.07, 6.45) is 5.33. The van der Waals surface area contributed by atoms with Gasteiger partial charge in [0.1, 0.15) is 12.0 Å². The minimum atomic E-state index is -0.824. The normalized spacial score (nSPS) is 10.3. The number of nitrogens with one attached hydrogen (secondary N) is 1. The Morgan fingerprint density at radius 3 is 3.00 bits per heavy atom. The second kappa shape index (κ2) is 5.80. The van der Waals surface area contributed by atoms with E-state index in [1.54, 1.807) is 23.1 Å². The van der Waals surface area contributed by atoms with E-state index in [0.29, 0.717) is 30.3 Å². The van der Waals surface area contributed by atoms with Crippen LogP contribution in [-0.4, -0.2) is 37.4 Å². The molecule has 0 radical (unpaired) electrons. The summed E-state index contributed by atoms with van der Waals surface area (Å²) >= 11 is 0. The zero-order valence-electron chi connectivity index (χ0n) is 10.2. The molecule has 0 saturated heterocycles. The van der Waals surface area contributed by atoms with E-state index in [2.05, 4.69) is 20.4 Å². The fourth-order valence-electron chi connectivity index (χ4n) is 1.55. The Morgan fingerprint density at radius 2 is 2.32 bits per heavy atom. The largest absolute Gasteiger partial charge is 0.481 e. The fourth-order valence-corrected chi connectivity index (χ4v) is 1.55. The van der Waals surface area contributed by atoms with Crippen LogP contribution in [0.4, 0.5) is 11.5 Å². The highest BCUT2D eigenvalue weighted by Gasteiger charge is 2.09. The van der Waals surface area contributed by atoms with Gasteiger partial charge in [-0.15, -0.1) is 0 Å². The predicted octanol–water partition coefficient (Wildman–Crippen LogP) is 0.521. The molecule has 0 bridgehead atoms. The summed E-state index contributed by atoms with van der Waals surface area (Å²) in [6, 6.07) is 1.77. The van der Waals surface area contributed by atoms with Gasteiger partial charge in [-0.3, -0.25) is 4.79 Å². The molecule has 0 fully saturated rings. The first-order valence-corrected chi connectivity index (χ1v) is 5.74. The van der Waals surface area contributed by atoms with Crippen molar-refractivity contribution in [2.75, 3.05) is 17.6 Å². The van der Waals surface area contributed by atoms with Crippen molar-refractivity contribution in [2.45, 2.75) is 12.8 Å². The van der Waals surface area contributed by atoms with Gasteiger partial charge in [0, 0.05) is 25.4 Å². The molecule has 4 N–H and O–H groups in total. The zero-order chi connectivity index (χ0) is 13.7.